The van der Waals surface area contributed by atoms with E-state index in [9.17, 15) is 4.79 Å². The maximum atomic E-state index is 13.2. The van der Waals surface area contributed by atoms with Crippen LogP contribution in [0.5, 0.6) is 5.75 Å². The number of oxazole rings is 1. The molecule has 5 rings (SSSR count). The molecule has 2 unspecified atom stereocenters. The van der Waals surface area contributed by atoms with Crippen molar-refractivity contribution in [2.45, 2.75) is 38.9 Å². The molecular formula is C25H26N4O3. The Balaban J connectivity index is 1.31. The molecule has 0 aliphatic carbocycles. The van der Waals surface area contributed by atoms with Crippen molar-refractivity contribution in [3.05, 3.63) is 83.5 Å². The molecule has 0 radical (unpaired) electrons. The number of benzene rings is 2. The lowest BCUT2D eigenvalue weighted by Gasteiger charge is -2.31. The molecule has 2 atom stereocenters. The topological polar surface area (TPSA) is 70.8 Å². The maximum Gasteiger partial charge on any atom is 0.251 e. The lowest BCUT2D eigenvalue weighted by Crippen LogP contribution is -2.47. The lowest BCUT2D eigenvalue weighted by atomic mass is 10.0. The van der Waals surface area contributed by atoms with E-state index in [1.54, 1.807) is 12.0 Å². The number of fused-ring (bicyclic) bond motifs is 1. The van der Waals surface area contributed by atoms with Crippen molar-refractivity contribution in [3.8, 4) is 17.2 Å². The standard InChI is InChI=1S/C25H26N4O3/c1-16-6-4-5-7-20(16)24-26-22(17(2)32-24)15-28-12-13-29-23(25(28)30)14-21(27-29)18-8-10-19(31-3)11-9-18/h4-13,21,23,27H,14-15H2,1-3H3. The molecule has 1 saturated heterocycles. The van der Waals surface area contributed by atoms with Crippen LogP contribution in [0, 0.1) is 13.8 Å². The van der Waals surface area contributed by atoms with Crippen LogP contribution in [0.15, 0.2) is 65.3 Å². The average Bonchev–Trinajstić information content (AvgIpc) is 3.40. The monoisotopic (exact) mass is 430 g/mol. The van der Waals surface area contributed by atoms with Crippen molar-refractivity contribution in [1.82, 2.24) is 20.3 Å². The molecule has 2 aliphatic heterocycles. The minimum Gasteiger partial charge on any atom is -0.497 e. The quantitative estimate of drug-likeness (QED) is 0.657. The van der Waals surface area contributed by atoms with Gasteiger partial charge in [-0.1, -0.05) is 30.3 Å². The molecule has 1 aromatic heterocycles. The summed E-state index contributed by atoms with van der Waals surface area (Å²) in [7, 11) is 1.65. The lowest BCUT2D eigenvalue weighted by molar-refractivity contribution is -0.135. The molecule has 164 valence electrons. The molecule has 3 aromatic rings. The Labute approximate surface area is 187 Å². The Morgan fingerprint density at radius 3 is 2.66 bits per heavy atom. The number of aryl methyl sites for hydroxylation is 2. The number of nitrogens with zero attached hydrogens (tertiary/aromatic N) is 3. The zero-order valence-corrected chi connectivity index (χ0v) is 18.4. The molecule has 0 spiro atoms. The van der Waals surface area contributed by atoms with Gasteiger partial charge in [-0.2, -0.15) is 0 Å². The van der Waals surface area contributed by atoms with Gasteiger partial charge in [0.1, 0.15) is 23.2 Å². The molecule has 2 aliphatic rings. The number of hydrogen-bond donors (Lipinski definition) is 1. The maximum absolute atomic E-state index is 13.2. The molecule has 32 heavy (non-hydrogen) atoms. The Morgan fingerprint density at radius 1 is 1.12 bits per heavy atom. The Kier molecular flexibility index (Phi) is 5.19. The van der Waals surface area contributed by atoms with Crippen molar-refractivity contribution >= 4 is 5.91 Å². The third-order valence-corrected chi connectivity index (χ3v) is 6.18. The van der Waals surface area contributed by atoms with Gasteiger partial charge in [0, 0.05) is 18.0 Å². The smallest absolute Gasteiger partial charge is 0.251 e. The van der Waals surface area contributed by atoms with Crippen molar-refractivity contribution < 1.29 is 13.9 Å². The molecule has 1 N–H and O–H groups in total. The van der Waals surface area contributed by atoms with Gasteiger partial charge in [-0.15, -0.1) is 0 Å². The van der Waals surface area contributed by atoms with Crippen LogP contribution in [0.25, 0.3) is 11.5 Å². The van der Waals surface area contributed by atoms with E-state index in [1.807, 2.05) is 79.8 Å². The van der Waals surface area contributed by atoms with Crippen molar-refractivity contribution in [3.63, 3.8) is 0 Å². The van der Waals surface area contributed by atoms with Gasteiger partial charge >= 0.3 is 0 Å². The third kappa shape index (κ3) is 3.65. The summed E-state index contributed by atoms with van der Waals surface area (Å²) < 4.78 is 11.2. The number of ether oxygens (including phenoxy) is 1. The first-order chi connectivity index (χ1) is 15.5. The van der Waals surface area contributed by atoms with E-state index < -0.39 is 0 Å². The number of carbonyl (C=O) groups excluding carboxylic acids is 1. The van der Waals surface area contributed by atoms with Gasteiger partial charge in [0.05, 0.1) is 19.7 Å². The van der Waals surface area contributed by atoms with E-state index in [-0.39, 0.29) is 18.0 Å². The van der Waals surface area contributed by atoms with E-state index in [4.69, 9.17) is 14.1 Å². The number of rotatable bonds is 5. The predicted octanol–water partition coefficient (Wildman–Crippen LogP) is 4.10. The second kappa shape index (κ2) is 8.16. The fraction of sp³-hybridized carbons (Fsp3) is 0.280. The summed E-state index contributed by atoms with van der Waals surface area (Å²) in [6, 6.07) is 15.8. The molecule has 1 amide bonds. The first kappa shape index (κ1) is 20.3. The van der Waals surface area contributed by atoms with Gasteiger partial charge < -0.3 is 19.1 Å². The highest BCUT2D eigenvalue weighted by atomic mass is 16.5. The summed E-state index contributed by atoms with van der Waals surface area (Å²) >= 11 is 0. The fourth-order valence-electron chi connectivity index (χ4n) is 4.28. The van der Waals surface area contributed by atoms with Gasteiger partial charge in [-0.05, 0) is 49.6 Å². The minimum absolute atomic E-state index is 0.0517. The summed E-state index contributed by atoms with van der Waals surface area (Å²) in [5.74, 6) is 2.19. The molecule has 1 fully saturated rings. The van der Waals surface area contributed by atoms with Gasteiger partial charge in [0.2, 0.25) is 5.89 Å². The zero-order chi connectivity index (χ0) is 22.2. The van der Waals surface area contributed by atoms with E-state index >= 15 is 0 Å². The number of carbonyl (C=O) groups is 1. The Hall–Kier alpha value is -3.58. The molecule has 3 heterocycles. The number of hydrazine groups is 1. The van der Waals surface area contributed by atoms with Crippen LogP contribution in [-0.4, -0.2) is 34.0 Å². The number of nitrogens with one attached hydrogen (secondary N) is 1. The molecule has 2 aromatic carbocycles. The SMILES string of the molecule is COc1ccc(C2CC3C(=O)N(Cc4nc(-c5ccccc5C)oc4C)C=CN3N2)cc1. The number of methoxy groups -OCH3 is 1. The highest BCUT2D eigenvalue weighted by molar-refractivity contribution is 5.84. The fourth-order valence-corrected chi connectivity index (χ4v) is 4.28. The van der Waals surface area contributed by atoms with E-state index in [0.717, 1.165) is 33.9 Å². The van der Waals surface area contributed by atoms with Crippen LogP contribution >= 0.6 is 0 Å². The normalized spacial score (nSPS) is 20.0. The van der Waals surface area contributed by atoms with Crippen LogP contribution in [0.1, 0.15) is 35.0 Å². The summed E-state index contributed by atoms with van der Waals surface area (Å²) in [6.45, 7) is 4.31. The molecule has 7 heteroatoms. The third-order valence-electron chi connectivity index (χ3n) is 6.18. The largest absolute Gasteiger partial charge is 0.497 e. The van der Waals surface area contributed by atoms with E-state index in [1.165, 1.54) is 0 Å². The number of amides is 1. The molecule has 0 bridgehead atoms. The highest BCUT2D eigenvalue weighted by Gasteiger charge is 2.40. The molecular weight excluding hydrogens is 404 g/mol. The summed E-state index contributed by atoms with van der Waals surface area (Å²) in [6.07, 6.45) is 4.43. The van der Waals surface area contributed by atoms with E-state index in [2.05, 4.69) is 5.43 Å². The van der Waals surface area contributed by atoms with E-state index in [0.29, 0.717) is 18.9 Å². The second-order valence-electron chi connectivity index (χ2n) is 8.21. The average molecular weight is 431 g/mol. The van der Waals surface area contributed by atoms with Gasteiger partial charge in [0.25, 0.3) is 5.91 Å². The van der Waals surface area contributed by atoms with Crippen LogP contribution in [0.4, 0.5) is 0 Å². The summed E-state index contributed by atoms with van der Waals surface area (Å²) in [5.41, 5.74) is 7.40. The van der Waals surface area contributed by atoms with Crippen LogP contribution in [0.3, 0.4) is 0 Å². The second-order valence-corrected chi connectivity index (χ2v) is 8.21. The summed E-state index contributed by atoms with van der Waals surface area (Å²) in [4.78, 5) is 19.7. The summed E-state index contributed by atoms with van der Waals surface area (Å²) in [5, 5.41) is 1.90. The van der Waals surface area contributed by atoms with Crippen molar-refractivity contribution in [2.24, 2.45) is 0 Å². The Morgan fingerprint density at radius 2 is 1.91 bits per heavy atom. The van der Waals surface area contributed by atoms with Gasteiger partial charge in [-0.3, -0.25) is 4.79 Å². The number of aromatic nitrogens is 1. The molecule has 7 nitrogen and oxygen atoms in total. The van der Waals surface area contributed by atoms with Gasteiger partial charge in [0.15, 0.2) is 0 Å². The van der Waals surface area contributed by atoms with Crippen molar-refractivity contribution in [2.75, 3.05) is 7.11 Å². The first-order valence-electron chi connectivity index (χ1n) is 10.7. The number of hydrogen-bond acceptors (Lipinski definition) is 6. The van der Waals surface area contributed by atoms with Crippen molar-refractivity contribution in [1.29, 1.82) is 0 Å². The highest BCUT2D eigenvalue weighted by Crippen LogP contribution is 2.32. The minimum atomic E-state index is -0.254. The predicted molar refractivity (Wildman–Crippen MR) is 120 cm³/mol. The molecule has 0 saturated carbocycles. The Bertz CT molecular complexity index is 1170. The van der Waals surface area contributed by atoms with Crippen LogP contribution in [-0.2, 0) is 11.3 Å². The van der Waals surface area contributed by atoms with Gasteiger partial charge in [-0.25, -0.2) is 10.4 Å². The van der Waals surface area contributed by atoms with Crippen LogP contribution in [0.2, 0.25) is 0 Å². The first-order valence-corrected chi connectivity index (χ1v) is 10.7. The van der Waals surface area contributed by atoms with Crippen LogP contribution < -0.4 is 10.2 Å². The zero-order valence-electron chi connectivity index (χ0n) is 18.4.